The number of carbonyl (C=O) groups is 4. The largest absolute Gasteiger partial charge is 0.464 e. The van der Waals surface area contributed by atoms with Crippen LogP contribution in [0.1, 0.15) is 40.5 Å². The number of urea groups is 2. The van der Waals surface area contributed by atoms with Gasteiger partial charge in [0.2, 0.25) is 5.91 Å². The second kappa shape index (κ2) is 10.6. The number of rotatable bonds is 7. The van der Waals surface area contributed by atoms with Crippen LogP contribution in [0.3, 0.4) is 0 Å². The first-order valence-corrected chi connectivity index (χ1v) is 11.0. The van der Waals surface area contributed by atoms with Gasteiger partial charge in [-0.05, 0) is 40.5 Å². The number of β-lactam (4-membered cyclic amide) rings is 1. The zero-order valence-electron chi connectivity index (χ0n) is 19.5. The van der Waals surface area contributed by atoms with Crippen molar-refractivity contribution in [3.8, 4) is 0 Å². The van der Waals surface area contributed by atoms with Crippen LogP contribution in [0.25, 0.3) is 0 Å². The van der Waals surface area contributed by atoms with Crippen LogP contribution >= 0.6 is 0 Å². The summed E-state index contributed by atoms with van der Waals surface area (Å²) in [6.07, 6.45) is 1.01. The number of likely N-dealkylation sites (tertiary alicyclic amines) is 1. The van der Waals surface area contributed by atoms with Crippen LogP contribution in [-0.2, 0) is 14.3 Å². The van der Waals surface area contributed by atoms with E-state index in [4.69, 9.17) is 10.5 Å². The predicted molar refractivity (Wildman–Crippen MR) is 118 cm³/mol. The Balaban J connectivity index is 1.97. The van der Waals surface area contributed by atoms with Crippen LogP contribution in [0, 0.1) is 5.92 Å². The number of ether oxygens (including phenoxy) is 1. The standard InChI is InChI=1S/C21H36N6O5/c1-6-32-18(29)16-15(8-7-9-23-14(2)22)17(28)27(16)20(31)26-12-10-25(11-13-26)19(30)24-21(3,4)5/h15-16,23H,2,6-13,22H2,1,3-5H3,(H,24,30). The molecule has 4 N–H and O–H groups in total. The predicted octanol–water partition coefficient (Wildman–Crippen LogP) is 0.422. The molecule has 5 amide bonds. The number of esters is 1. The highest BCUT2D eigenvalue weighted by atomic mass is 16.5. The van der Waals surface area contributed by atoms with E-state index in [9.17, 15) is 19.2 Å². The number of piperazine rings is 1. The Kier molecular flexibility index (Phi) is 8.34. The molecule has 0 aromatic heterocycles. The summed E-state index contributed by atoms with van der Waals surface area (Å²) >= 11 is 0. The highest BCUT2D eigenvalue weighted by Crippen LogP contribution is 2.33. The van der Waals surface area contributed by atoms with Gasteiger partial charge in [-0.25, -0.2) is 19.3 Å². The van der Waals surface area contributed by atoms with E-state index in [2.05, 4.69) is 17.2 Å². The van der Waals surface area contributed by atoms with Crippen molar-refractivity contribution in [2.24, 2.45) is 11.7 Å². The molecule has 180 valence electrons. The van der Waals surface area contributed by atoms with E-state index < -0.39 is 24.0 Å². The van der Waals surface area contributed by atoms with Gasteiger partial charge in [-0.2, -0.15) is 0 Å². The maximum atomic E-state index is 13.0. The minimum atomic E-state index is -0.932. The Morgan fingerprint density at radius 3 is 2.28 bits per heavy atom. The molecule has 2 atom stereocenters. The van der Waals surface area contributed by atoms with E-state index >= 15 is 0 Å². The Morgan fingerprint density at radius 2 is 1.75 bits per heavy atom. The van der Waals surface area contributed by atoms with Crippen LogP contribution < -0.4 is 16.4 Å². The smallest absolute Gasteiger partial charge is 0.330 e. The molecule has 0 radical (unpaired) electrons. The molecule has 0 aromatic carbocycles. The summed E-state index contributed by atoms with van der Waals surface area (Å²) in [5.41, 5.74) is 5.11. The van der Waals surface area contributed by atoms with Gasteiger partial charge >= 0.3 is 18.0 Å². The minimum Gasteiger partial charge on any atom is -0.464 e. The molecular formula is C21H36N6O5. The number of nitrogens with two attached hydrogens (primary N) is 1. The van der Waals surface area contributed by atoms with Gasteiger partial charge in [0.1, 0.15) is 0 Å². The fourth-order valence-corrected chi connectivity index (χ4v) is 3.76. The highest BCUT2D eigenvalue weighted by molar-refractivity contribution is 6.07. The van der Waals surface area contributed by atoms with Crippen LogP contribution in [0.2, 0.25) is 0 Å². The monoisotopic (exact) mass is 452 g/mol. The molecular weight excluding hydrogens is 416 g/mol. The first-order valence-electron chi connectivity index (χ1n) is 11.0. The Labute approximate surface area is 189 Å². The van der Waals surface area contributed by atoms with E-state index in [0.717, 1.165) is 4.90 Å². The van der Waals surface area contributed by atoms with Crippen LogP contribution in [-0.4, -0.2) is 89.5 Å². The lowest BCUT2D eigenvalue weighted by Crippen LogP contribution is -2.70. The lowest BCUT2D eigenvalue weighted by atomic mass is 9.83. The van der Waals surface area contributed by atoms with Gasteiger partial charge in [-0.1, -0.05) is 6.58 Å². The third kappa shape index (κ3) is 6.27. The summed E-state index contributed by atoms with van der Waals surface area (Å²) < 4.78 is 5.12. The summed E-state index contributed by atoms with van der Waals surface area (Å²) in [4.78, 5) is 54.8. The topological polar surface area (TPSA) is 137 Å². The van der Waals surface area contributed by atoms with Gasteiger partial charge in [0.25, 0.3) is 0 Å². The summed E-state index contributed by atoms with van der Waals surface area (Å²) in [6, 6.07) is -1.64. The molecule has 0 bridgehead atoms. The number of carbonyl (C=O) groups excluding carboxylic acids is 4. The number of imide groups is 1. The third-order valence-corrected chi connectivity index (χ3v) is 5.31. The molecule has 2 unspecified atom stereocenters. The van der Waals surface area contributed by atoms with E-state index in [1.165, 1.54) is 4.90 Å². The number of nitrogens with one attached hydrogen (secondary N) is 2. The first-order chi connectivity index (χ1) is 15.0. The molecule has 11 heteroatoms. The average molecular weight is 453 g/mol. The van der Waals surface area contributed by atoms with Crippen LogP contribution in [0.15, 0.2) is 12.4 Å². The van der Waals surface area contributed by atoms with Gasteiger partial charge in [-0.3, -0.25) is 4.79 Å². The highest BCUT2D eigenvalue weighted by Gasteiger charge is 2.55. The molecule has 0 spiro atoms. The van der Waals surface area contributed by atoms with Gasteiger partial charge in [0.05, 0.1) is 18.3 Å². The van der Waals surface area contributed by atoms with E-state index in [1.54, 1.807) is 11.8 Å². The quantitative estimate of drug-likeness (QED) is 0.289. The first kappa shape index (κ1) is 25.3. The number of hydrogen-bond donors (Lipinski definition) is 3. The van der Waals surface area contributed by atoms with Crippen molar-refractivity contribution >= 4 is 23.9 Å². The van der Waals surface area contributed by atoms with Gasteiger partial charge in [0.15, 0.2) is 6.04 Å². The van der Waals surface area contributed by atoms with Crippen molar-refractivity contribution in [2.75, 3.05) is 39.3 Å². The maximum absolute atomic E-state index is 13.0. The van der Waals surface area contributed by atoms with Crippen molar-refractivity contribution in [2.45, 2.75) is 52.1 Å². The normalized spacial score (nSPS) is 21.0. The summed E-state index contributed by atoms with van der Waals surface area (Å²) in [7, 11) is 0. The van der Waals surface area contributed by atoms with Gasteiger partial charge in [-0.15, -0.1) is 0 Å². The Hall–Kier alpha value is -2.98. The molecule has 2 heterocycles. The van der Waals surface area contributed by atoms with Gasteiger partial charge in [0, 0.05) is 38.3 Å². The molecule has 2 rings (SSSR count). The fraction of sp³-hybridized carbons (Fsp3) is 0.714. The lowest BCUT2D eigenvalue weighted by molar-refractivity contribution is -0.170. The molecule has 2 saturated heterocycles. The Morgan fingerprint density at radius 1 is 1.16 bits per heavy atom. The molecule has 0 saturated carbocycles. The zero-order valence-corrected chi connectivity index (χ0v) is 19.5. The summed E-state index contributed by atoms with van der Waals surface area (Å²) in [5.74, 6) is -1.24. The average Bonchev–Trinajstić information content (AvgIpc) is 2.70. The molecule has 2 aliphatic heterocycles. The SMILES string of the molecule is C=C(N)NCCCC1C(=O)N(C(=O)N2CCN(C(=O)NC(C)(C)C)CC2)C1C(=O)OCC. The number of amides is 5. The van der Waals surface area contributed by atoms with Crippen molar-refractivity contribution < 1.29 is 23.9 Å². The molecule has 2 fully saturated rings. The molecule has 32 heavy (non-hydrogen) atoms. The number of nitrogens with zero attached hydrogens (tertiary/aromatic N) is 3. The minimum absolute atomic E-state index is 0.161. The second-order valence-corrected chi connectivity index (χ2v) is 9.04. The zero-order chi connectivity index (χ0) is 24.1. The molecule has 0 aliphatic carbocycles. The fourth-order valence-electron chi connectivity index (χ4n) is 3.76. The molecule has 2 aliphatic rings. The van der Waals surface area contributed by atoms with E-state index in [0.29, 0.717) is 38.3 Å². The van der Waals surface area contributed by atoms with Gasteiger partial charge < -0.3 is 30.9 Å². The van der Waals surface area contributed by atoms with Crippen LogP contribution in [0.5, 0.6) is 0 Å². The number of hydrogen-bond acceptors (Lipinski definition) is 7. The van der Waals surface area contributed by atoms with Crippen LogP contribution in [0.4, 0.5) is 9.59 Å². The van der Waals surface area contributed by atoms with Crippen molar-refractivity contribution in [1.29, 1.82) is 0 Å². The third-order valence-electron chi connectivity index (χ3n) is 5.31. The van der Waals surface area contributed by atoms with Crippen molar-refractivity contribution in [1.82, 2.24) is 25.3 Å². The van der Waals surface area contributed by atoms with Crippen molar-refractivity contribution in [3.63, 3.8) is 0 Å². The Bertz CT molecular complexity index is 741. The molecule has 11 nitrogen and oxygen atoms in total. The summed E-state index contributed by atoms with van der Waals surface area (Å²) in [5, 5.41) is 5.77. The van der Waals surface area contributed by atoms with E-state index in [1.807, 2.05) is 20.8 Å². The second-order valence-electron chi connectivity index (χ2n) is 9.04. The lowest BCUT2D eigenvalue weighted by Gasteiger charge is -2.46. The van der Waals surface area contributed by atoms with E-state index in [-0.39, 0.29) is 37.2 Å². The van der Waals surface area contributed by atoms with Crippen molar-refractivity contribution in [3.05, 3.63) is 12.4 Å². The molecule has 0 aromatic rings. The summed E-state index contributed by atoms with van der Waals surface area (Å²) in [6.45, 7) is 12.8. The maximum Gasteiger partial charge on any atom is 0.330 e.